The molecule has 0 aromatic heterocycles. The Balaban J connectivity index is 2.24. The number of anilines is 1. The van der Waals surface area contributed by atoms with Crippen molar-refractivity contribution in [2.75, 3.05) is 18.0 Å². The molecule has 0 amide bonds. The van der Waals surface area contributed by atoms with Crippen LogP contribution in [-0.4, -0.2) is 24.3 Å². The molecule has 16 heavy (non-hydrogen) atoms. The van der Waals surface area contributed by atoms with Crippen LogP contribution in [0.1, 0.15) is 18.4 Å². The van der Waals surface area contributed by atoms with Gasteiger partial charge in [-0.3, -0.25) is 0 Å². The Morgan fingerprint density at radius 1 is 1.50 bits per heavy atom. The highest BCUT2D eigenvalue weighted by molar-refractivity contribution is 6.30. The van der Waals surface area contributed by atoms with Crippen molar-refractivity contribution in [3.05, 3.63) is 28.8 Å². The molecule has 1 aliphatic rings. The number of β-amino-alcohol motifs (C(OH)–C–C–N with tert-alkyl or cyclic N) is 1. The van der Waals surface area contributed by atoms with Crippen LogP contribution in [0.3, 0.4) is 0 Å². The van der Waals surface area contributed by atoms with E-state index in [0.29, 0.717) is 18.1 Å². The van der Waals surface area contributed by atoms with Crippen LogP contribution in [0.2, 0.25) is 5.02 Å². The minimum atomic E-state index is -0.227. The summed E-state index contributed by atoms with van der Waals surface area (Å²) in [7, 11) is 0. The summed E-state index contributed by atoms with van der Waals surface area (Å²) < 4.78 is 0. The fourth-order valence-electron chi connectivity index (χ4n) is 2.20. The standard InChI is InChI=1S/C12H17ClN2O/c13-10-3-4-12(9(6-10)7-14)15-5-1-2-11(16)8-15/h3-4,6,11,16H,1-2,5,7-8,14H2. The first-order valence-electron chi connectivity index (χ1n) is 5.62. The number of benzene rings is 1. The van der Waals surface area contributed by atoms with E-state index in [0.717, 1.165) is 30.6 Å². The molecule has 3 N–H and O–H groups in total. The summed E-state index contributed by atoms with van der Waals surface area (Å²) >= 11 is 5.94. The van der Waals surface area contributed by atoms with Gasteiger partial charge in [0, 0.05) is 30.3 Å². The summed E-state index contributed by atoms with van der Waals surface area (Å²) in [6.07, 6.45) is 1.69. The van der Waals surface area contributed by atoms with Gasteiger partial charge in [0.25, 0.3) is 0 Å². The normalized spacial score (nSPS) is 21.2. The zero-order valence-corrected chi connectivity index (χ0v) is 9.95. The molecule has 0 spiro atoms. The molecule has 2 rings (SSSR count). The summed E-state index contributed by atoms with van der Waals surface area (Å²) in [6, 6.07) is 5.76. The topological polar surface area (TPSA) is 49.5 Å². The highest BCUT2D eigenvalue weighted by Gasteiger charge is 2.19. The molecular formula is C12H17ClN2O. The van der Waals surface area contributed by atoms with Gasteiger partial charge in [-0.1, -0.05) is 11.6 Å². The predicted molar refractivity (Wildman–Crippen MR) is 66.8 cm³/mol. The maximum absolute atomic E-state index is 9.66. The van der Waals surface area contributed by atoms with Crippen molar-refractivity contribution in [3.63, 3.8) is 0 Å². The van der Waals surface area contributed by atoms with Crippen LogP contribution in [0.4, 0.5) is 5.69 Å². The summed E-state index contributed by atoms with van der Waals surface area (Å²) in [4.78, 5) is 2.19. The zero-order chi connectivity index (χ0) is 11.5. The van der Waals surface area contributed by atoms with Gasteiger partial charge in [-0.05, 0) is 36.6 Å². The first-order chi connectivity index (χ1) is 7.70. The second-order valence-corrected chi connectivity index (χ2v) is 4.66. The lowest BCUT2D eigenvalue weighted by Gasteiger charge is -2.33. The smallest absolute Gasteiger partial charge is 0.0715 e. The molecule has 0 saturated carbocycles. The molecule has 1 atom stereocenters. The maximum atomic E-state index is 9.66. The van der Waals surface area contributed by atoms with Crippen molar-refractivity contribution >= 4 is 17.3 Å². The molecule has 0 bridgehead atoms. The van der Waals surface area contributed by atoms with E-state index < -0.39 is 0 Å². The predicted octanol–water partition coefficient (Wildman–Crippen LogP) is 1.76. The highest BCUT2D eigenvalue weighted by Crippen LogP contribution is 2.26. The second kappa shape index (κ2) is 5.04. The van der Waals surface area contributed by atoms with E-state index in [4.69, 9.17) is 17.3 Å². The Bertz CT molecular complexity index is 370. The van der Waals surface area contributed by atoms with Crippen LogP contribution in [0.15, 0.2) is 18.2 Å². The molecule has 1 saturated heterocycles. The Morgan fingerprint density at radius 2 is 2.31 bits per heavy atom. The van der Waals surface area contributed by atoms with Crippen molar-refractivity contribution in [1.29, 1.82) is 0 Å². The van der Waals surface area contributed by atoms with Crippen LogP contribution in [0.5, 0.6) is 0 Å². The summed E-state index contributed by atoms with van der Waals surface area (Å²) in [5.41, 5.74) is 7.86. The molecule has 88 valence electrons. The summed E-state index contributed by atoms with van der Waals surface area (Å²) in [5.74, 6) is 0. The van der Waals surface area contributed by atoms with E-state index in [1.165, 1.54) is 0 Å². The lowest BCUT2D eigenvalue weighted by molar-refractivity contribution is 0.154. The summed E-state index contributed by atoms with van der Waals surface area (Å²) in [6.45, 7) is 2.14. The molecule has 1 aromatic rings. The van der Waals surface area contributed by atoms with Crippen LogP contribution in [0.25, 0.3) is 0 Å². The molecule has 1 unspecified atom stereocenters. The van der Waals surface area contributed by atoms with E-state index in [-0.39, 0.29) is 6.10 Å². The van der Waals surface area contributed by atoms with Gasteiger partial charge >= 0.3 is 0 Å². The molecule has 3 nitrogen and oxygen atoms in total. The van der Waals surface area contributed by atoms with Crippen molar-refractivity contribution < 1.29 is 5.11 Å². The molecule has 4 heteroatoms. The van der Waals surface area contributed by atoms with Crippen molar-refractivity contribution in [2.24, 2.45) is 5.73 Å². The lowest BCUT2D eigenvalue weighted by Crippen LogP contribution is -2.38. The van der Waals surface area contributed by atoms with E-state index in [1.54, 1.807) is 0 Å². The van der Waals surface area contributed by atoms with E-state index in [2.05, 4.69) is 4.90 Å². The highest BCUT2D eigenvalue weighted by atomic mass is 35.5. The number of nitrogens with two attached hydrogens (primary N) is 1. The first kappa shape index (κ1) is 11.7. The molecule has 1 heterocycles. The number of aliphatic hydroxyl groups is 1. The summed E-state index contributed by atoms with van der Waals surface area (Å²) in [5, 5.41) is 10.4. The van der Waals surface area contributed by atoms with Gasteiger partial charge in [-0.15, -0.1) is 0 Å². The van der Waals surface area contributed by atoms with Gasteiger partial charge in [0.2, 0.25) is 0 Å². The van der Waals surface area contributed by atoms with E-state index in [9.17, 15) is 5.11 Å². The minimum Gasteiger partial charge on any atom is -0.391 e. The van der Waals surface area contributed by atoms with Gasteiger partial charge in [-0.25, -0.2) is 0 Å². The number of rotatable bonds is 2. The Hall–Kier alpha value is -0.770. The van der Waals surface area contributed by atoms with Gasteiger partial charge in [0.05, 0.1) is 6.10 Å². The van der Waals surface area contributed by atoms with Crippen LogP contribution in [0, 0.1) is 0 Å². The average molecular weight is 241 g/mol. The lowest BCUT2D eigenvalue weighted by atomic mass is 10.1. The van der Waals surface area contributed by atoms with Gasteiger partial charge < -0.3 is 15.7 Å². The molecule has 1 aliphatic heterocycles. The van der Waals surface area contributed by atoms with Crippen LogP contribution in [-0.2, 0) is 6.54 Å². The Morgan fingerprint density at radius 3 is 3.00 bits per heavy atom. The number of piperidine rings is 1. The number of aliphatic hydroxyl groups excluding tert-OH is 1. The second-order valence-electron chi connectivity index (χ2n) is 4.22. The third-order valence-corrected chi connectivity index (χ3v) is 3.23. The monoisotopic (exact) mass is 240 g/mol. The molecule has 1 fully saturated rings. The molecular weight excluding hydrogens is 224 g/mol. The van der Waals surface area contributed by atoms with Crippen molar-refractivity contribution in [3.8, 4) is 0 Å². The Kier molecular flexibility index (Phi) is 3.69. The maximum Gasteiger partial charge on any atom is 0.0715 e. The third-order valence-electron chi connectivity index (χ3n) is 3.00. The SMILES string of the molecule is NCc1cc(Cl)ccc1N1CCCC(O)C1. The quantitative estimate of drug-likeness (QED) is 0.828. The number of halogens is 1. The molecule has 0 radical (unpaired) electrons. The third kappa shape index (κ3) is 2.48. The fraction of sp³-hybridized carbons (Fsp3) is 0.500. The number of hydrogen-bond donors (Lipinski definition) is 2. The Labute approximate surface area is 101 Å². The number of nitrogens with zero attached hydrogens (tertiary/aromatic N) is 1. The van der Waals surface area contributed by atoms with Gasteiger partial charge in [0.15, 0.2) is 0 Å². The molecule has 1 aromatic carbocycles. The first-order valence-corrected chi connectivity index (χ1v) is 6.00. The zero-order valence-electron chi connectivity index (χ0n) is 9.19. The molecule has 0 aliphatic carbocycles. The van der Waals surface area contributed by atoms with Crippen molar-refractivity contribution in [1.82, 2.24) is 0 Å². The minimum absolute atomic E-state index is 0.227. The van der Waals surface area contributed by atoms with Gasteiger partial charge in [0.1, 0.15) is 0 Å². The van der Waals surface area contributed by atoms with Gasteiger partial charge in [-0.2, -0.15) is 0 Å². The average Bonchev–Trinajstić information content (AvgIpc) is 2.28. The van der Waals surface area contributed by atoms with E-state index in [1.807, 2.05) is 18.2 Å². The largest absolute Gasteiger partial charge is 0.391 e. The van der Waals surface area contributed by atoms with Crippen molar-refractivity contribution in [2.45, 2.75) is 25.5 Å². The van der Waals surface area contributed by atoms with Crippen LogP contribution < -0.4 is 10.6 Å². The van der Waals surface area contributed by atoms with Crippen LogP contribution >= 0.6 is 11.6 Å². The fourth-order valence-corrected chi connectivity index (χ4v) is 2.39. The van der Waals surface area contributed by atoms with E-state index >= 15 is 0 Å². The number of hydrogen-bond acceptors (Lipinski definition) is 3.